The summed E-state index contributed by atoms with van der Waals surface area (Å²) in [4.78, 5) is 11.7. The van der Waals surface area contributed by atoms with Gasteiger partial charge in [-0.3, -0.25) is 4.79 Å². The molecule has 2 aliphatic carbocycles. The lowest BCUT2D eigenvalue weighted by Gasteiger charge is -2.14. The molecule has 0 amide bonds. The van der Waals surface area contributed by atoms with Crippen LogP contribution in [0.1, 0.15) is 25.7 Å². The Labute approximate surface area is 125 Å². The first-order valence-corrected chi connectivity index (χ1v) is 7.81. The molecule has 1 N–H and O–H groups in total. The molecule has 112 valence electrons. The van der Waals surface area contributed by atoms with Gasteiger partial charge < -0.3 is 9.84 Å². The molecule has 3 nitrogen and oxygen atoms in total. The lowest BCUT2D eigenvalue weighted by atomic mass is 9.91. The van der Waals surface area contributed by atoms with Crippen molar-refractivity contribution in [1.29, 1.82) is 0 Å². The van der Waals surface area contributed by atoms with Crippen molar-refractivity contribution in [2.24, 2.45) is 17.8 Å². The Morgan fingerprint density at radius 1 is 1.24 bits per heavy atom. The fourth-order valence-electron chi connectivity index (χ4n) is 3.67. The van der Waals surface area contributed by atoms with Crippen LogP contribution in [0.25, 0.3) is 0 Å². The molecular formula is C18H22O3. The number of ketones is 1. The molecule has 2 aliphatic rings. The molecule has 1 aromatic rings. The molecule has 0 heterocycles. The van der Waals surface area contributed by atoms with Gasteiger partial charge in [0.05, 0.1) is 0 Å². The van der Waals surface area contributed by atoms with Gasteiger partial charge in [-0.1, -0.05) is 30.4 Å². The maximum absolute atomic E-state index is 11.7. The number of benzene rings is 1. The van der Waals surface area contributed by atoms with Gasteiger partial charge in [0, 0.05) is 12.3 Å². The van der Waals surface area contributed by atoms with E-state index in [2.05, 4.69) is 6.08 Å². The Morgan fingerprint density at radius 2 is 2.05 bits per heavy atom. The molecule has 0 bridgehead atoms. The minimum absolute atomic E-state index is 0.264. The van der Waals surface area contributed by atoms with Crippen LogP contribution < -0.4 is 4.74 Å². The number of allylic oxidation sites excluding steroid dienone is 1. The second-order valence-corrected chi connectivity index (χ2v) is 6.09. The molecule has 4 atom stereocenters. The van der Waals surface area contributed by atoms with E-state index in [0.29, 0.717) is 17.6 Å². The Hall–Kier alpha value is -1.61. The third-order valence-electron chi connectivity index (χ3n) is 4.76. The van der Waals surface area contributed by atoms with Gasteiger partial charge in [-0.15, -0.1) is 0 Å². The van der Waals surface area contributed by atoms with Crippen molar-refractivity contribution in [3.63, 3.8) is 0 Å². The quantitative estimate of drug-likeness (QED) is 0.846. The van der Waals surface area contributed by atoms with E-state index in [4.69, 9.17) is 4.74 Å². The van der Waals surface area contributed by atoms with Crippen LogP contribution in [0.3, 0.4) is 0 Å². The number of aliphatic hydroxyl groups excluding tert-OH is 1. The van der Waals surface area contributed by atoms with Gasteiger partial charge >= 0.3 is 0 Å². The molecule has 0 aromatic heterocycles. The molecule has 3 heteroatoms. The highest BCUT2D eigenvalue weighted by Crippen LogP contribution is 2.46. The topological polar surface area (TPSA) is 46.5 Å². The first kappa shape index (κ1) is 14.3. The molecule has 2 saturated carbocycles. The van der Waals surface area contributed by atoms with Crippen LogP contribution in [-0.2, 0) is 4.79 Å². The van der Waals surface area contributed by atoms with Crippen molar-refractivity contribution in [3.05, 3.63) is 42.5 Å². The van der Waals surface area contributed by atoms with Crippen molar-refractivity contribution < 1.29 is 14.6 Å². The summed E-state index contributed by atoms with van der Waals surface area (Å²) in [5.74, 6) is 2.47. The molecule has 4 unspecified atom stereocenters. The molecule has 3 rings (SSSR count). The summed E-state index contributed by atoms with van der Waals surface area (Å²) >= 11 is 0. The van der Waals surface area contributed by atoms with Gasteiger partial charge in [-0.05, 0) is 43.2 Å². The smallest absolute Gasteiger partial charge is 0.136 e. The molecule has 1 aromatic carbocycles. The molecule has 0 spiro atoms. The van der Waals surface area contributed by atoms with Crippen LogP contribution >= 0.6 is 0 Å². The first-order chi connectivity index (χ1) is 10.2. The van der Waals surface area contributed by atoms with E-state index in [1.165, 1.54) is 0 Å². The molecule has 0 radical (unpaired) electrons. The Kier molecular flexibility index (Phi) is 4.39. The highest BCUT2D eigenvalue weighted by Gasteiger charge is 2.42. The largest absolute Gasteiger partial charge is 0.491 e. The normalized spacial score (nSPS) is 29.8. The number of aliphatic hydroxyl groups is 1. The van der Waals surface area contributed by atoms with E-state index in [9.17, 15) is 9.90 Å². The predicted octanol–water partition coefficient (Wildman–Crippen LogP) is 2.99. The molecule has 0 aliphatic heterocycles. The Bertz CT molecular complexity index is 508. The van der Waals surface area contributed by atoms with E-state index in [1.54, 1.807) is 0 Å². The predicted molar refractivity (Wildman–Crippen MR) is 81.0 cm³/mol. The third-order valence-corrected chi connectivity index (χ3v) is 4.76. The average molecular weight is 286 g/mol. The number of carbonyl (C=O) groups excluding carboxylic acids is 1. The summed E-state index contributed by atoms with van der Waals surface area (Å²) in [6.07, 6.45) is 7.20. The third kappa shape index (κ3) is 3.35. The number of rotatable bonds is 5. The van der Waals surface area contributed by atoms with E-state index in [1.807, 2.05) is 36.4 Å². The van der Waals surface area contributed by atoms with E-state index in [-0.39, 0.29) is 12.5 Å². The van der Waals surface area contributed by atoms with Crippen LogP contribution in [0.5, 0.6) is 5.75 Å². The van der Waals surface area contributed by atoms with Crippen LogP contribution in [0.15, 0.2) is 42.5 Å². The van der Waals surface area contributed by atoms with Crippen LogP contribution in [0, 0.1) is 17.8 Å². The Balaban J connectivity index is 1.48. The minimum Gasteiger partial charge on any atom is -0.491 e. The van der Waals surface area contributed by atoms with Crippen molar-refractivity contribution in [3.8, 4) is 5.75 Å². The van der Waals surface area contributed by atoms with Gasteiger partial charge in [0.25, 0.3) is 0 Å². The monoisotopic (exact) mass is 286 g/mol. The van der Waals surface area contributed by atoms with Gasteiger partial charge in [-0.2, -0.15) is 0 Å². The number of Topliss-reactive ketones (excluding diaryl/α,β-unsaturated/α-hetero) is 1. The SMILES string of the molecule is O=C1CCC2C(C=CC(O)COc3ccccc3)CCC12. The van der Waals surface area contributed by atoms with Gasteiger partial charge in [0.15, 0.2) is 0 Å². The second-order valence-electron chi connectivity index (χ2n) is 6.09. The standard InChI is InChI=1S/C18H22O3/c19-14(12-21-15-4-2-1-3-5-15)8-6-13-7-9-17-16(13)10-11-18(17)20/h1-6,8,13-14,16-17,19H,7,9-12H2. The maximum Gasteiger partial charge on any atom is 0.136 e. The van der Waals surface area contributed by atoms with Crippen molar-refractivity contribution in [2.45, 2.75) is 31.8 Å². The van der Waals surface area contributed by atoms with E-state index >= 15 is 0 Å². The number of carbonyl (C=O) groups is 1. The summed E-state index contributed by atoms with van der Waals surface area (Å²) < 4.78 is 5.53. The number of hydrogen-bond donors (Lipinski definition) is 1. The second kappa shape index (κ2) is 6.44. The first-order valence-electron chi connectivity index (χ1n) is 7.81. The van der Waals surface area contributed by atoms with E-state index < -0.39 is 6.10 Å². The van der Waals surface area contributed by atoms with Gasteiger partial charge in [0.1, 0.15) is 24.2 Å². The zero-order valence-corrected chi connectivity index (χ0v) is 12.2. The fraction of sp³-hybridized carbons (Fsp3) is 0.500. The lowest BCUT2D eigenvalue weighted by molar-refractivity contribution is -0.120. The van der Waals surface area contributed by atoms with Crippen molar-refractivity contribution in [2.75, 3.05) is 6.61 Å². The summed E-state index contributed by atoms with van der Waals surface area (Å²) in [5.41, 5.74) is 0. The summed E-state index contributed by atoms with van der Waals surface area (Å²) in [7, 11) is 0. The fourth-order valence-corrected chi connectivity index (χ4v) is 3.67. The highest BCUT2D eigenvalue weighted by atomic mass is 16.5. The van der Waals surface area contributed by atoms with Crippen molar-refractivity contribution in [1.82, 2.24) is 0 Å². The average Bonchev–Trinajstić information content (AvgIpc) is 3.08. The molecular weight excluding hydrogens is 264 g/mol. The number of hydrogen-bond acceptors (Lipinski definition) is 3. The van der Waals surface area contributed by atoms with E-state index in [0.717, 1.165) is 31.4 Å². The zero-order valence-electron chi connectivity index (χ0n) is 12.2. The summed E-state index contributed by atoms with van der Waals surface area (Å²) in [6.45, 7) is 0.264. The zero-order chi connectivity index (χ0) is 14.7. The number of ether oxygens (including phenoxy) is 1. The lowest BCUT2D eigenvalue weighted by Crippen LogP contribution is -2.16. The highest BCUT2D eigenvalue weighted by molar-refractivity contribution is 5.83. The van der Waals surface area contributed by atoms with Crippen LogP contribution in [0.4, 0.5) is 0 Å². The van der Waals surface area contributed by atoms with Gasteiger partial charge in [-0.25, -0.2) is 0 Å². The van der Waals surface area contributed by atoms with Crippen LogP contribution in [-0.4, -0.2) is 23.6 Å². The Morgan fingerprint density at radius 3 is 2.86 bits per heavy atom. The molecule has 2 fully saturated rings. The number of para-hydroxylation sites is 1. The van der Waals surface area contributed by atoms with Crippen LogP contribution in [0.2, 0.25) is 0 Å². The molecule has 0 saturated heterocycles. The molecule has 21 heavy (non-hydrogen) atoms. The van der Waals surface area contributed by atoms with Gasteiger partial charge in [0.2, 0.25) is 0 Å². The number of fused-ring (bicyclic) bond motifs is 1. The summed E-state index contributed by atoms with van der Waals surface area (Å²) in [6, 6.07) is 9.51. The maximum atomic E-state index is 11.7. The minimum atomic E-state index is -0.596. The summed E-state index contributed by atoms with van der Waals surface area (Å²) in [5, 5.41) is 9.98. The van der Waals surface area contributed by atoms with Crippen molar-refractivity contribution >= 4 is 5.78 Å².